The summed E-state index contributed by atoms with van der Waals surface area (Å²) in [4.78, 5) is 0. The average Bonchev–Trinajstić information content (AvgIpc) is 2.42. The van der Waals surface area contributed by atoms with Crippen LogP contribution in [0.25, 0.3) is 0 Å². The van der Waals surface area contributed by atoms with Gasteiger partial charge in [-0.3, -0.25) is 0 Å². The minimum Gasteiger partial charge on any atom is -0.493 e. The maximum absolute atomic E-state index is 6.05. The fourth-order valence-electron chi connectivity index (χ4n) is 1.94. The SMILES string of the molecule is CCCCCCNCc1cc(Cl)ccc1OCCC. The Bertz CT molecular complexity index is 355. The Morgan fingerprint density at radius 1 is 1.11 bits per heavy atom. The fourth-order valence-corrected chi connectivity index (χ4v) is 2.13. The van der Waals surface area contributed by atoms with E-state index in [9.17, 15) is 0 Å². The van der Waals surface area contributed by atoms with Crippen LogP contribution in [0.15, 0.2) is 18.2 Å². The first-order valence-corrected chi connectivity index (χ1v) is 7.77. The van der Waals surface area contributed by atoms with Crippen LogP contribution in [0.4, 0.5) is 0 Å². The molecule has 19 heavy (non-hydrogen) atoms. The average molecular weight is 284 g/mol. The van der Waals surface area contributed by atoms with Crippen molar-refractivity contribution in [2.75, 3.05) is 13.2 Å². The molecule has 0 aliphatic heterocycles. The minimum absolute atomic E-state index is 0.755. The summed E-state index contributed by atoms with van der Waals surface area (Å²) in [6, 6.07) is 5.84. The van der Waals surface area contributed by atoms with Crippen molar-refractivity contribution in [3.63, 3.8) is 0 Å². The molecule has 2 nitrogen and oxygen atoms in total. The smallest absolute Gasteiger partial charge is 0.123 e. The number of rotatable bonds is 10. The number of ether oxygens (including phenoxy) is 1. The van der Waals surface area contributed by atoms with Crippen molar-refractivity contribution in [1.82, 2.24) is 5.32 Å². The van der Waals surface area contributed by atoms with Gasteiger partial charge in [0, 0.05) is 17.1 Å². The minimum atomic E-state index is 0.755. The molecule has 0 fully saturated rings. The molecule has 3 heteroatoms. The lowest BCUT2D eigenvalue weighted by atomic mass is 10.2. The molecule has 1 N–H and O–H groups in total. The van der Waals surface area contributed by atoms with E-state index in [0.29, 0.717) is 0 Å². The van der Waals surface area contributed by atoms with Gasteiger partial charge in [0.15, 0.2) is 0 Å². The van der Waals surface area contributed by atoms with Crippen LogP contribution in [0.2, 0.25) is 5.02 Å². The Morgan fingerprint density at radius 2 is 1.95 bits per heavy atom. The molecule has 0 radical (unpaired) electrons. The molecule has 0 heterocycles. The van der Waals surface area contributed by atoms with Gasteiger partial charge in [-0.1, -0.05) is 44.7 Å². The first-order chi connectivity index (χ1) is 9.27. The van der Waals surface area contributed by atoms with Gasteiger partial charge in [-0.2, -0.15) is 0 Å². The van der Waals surface area contributed by atoms with Crippen molar-refractivity contribution in [1.29, 1.82) is 0 Å². The number of halogens is 1. The Kier molecular flexibility index (Phi) is 8.68. The van der Waals surface area contributed by atoms with Crippen molar-refractivity contribution in [2.24, 2.45) is 0 Å². The Hall–Kier alpha value is -0.730. The zero-order valence-corrected chi connectivity index (χ0v) is 12.9. The quantitative estimate of drug-likeness (QED) is 0.623. The number of unbranched alkanes of at least 4 members (excludes halogenated alkanes) is 3. The molecule has 0 spiro atoms. The van der Waals surface area contributed by atoms with Gasteiger partial charge < -0.3 is 10.1 Å². The summed E-state index contributed by atoms with van der Waals surface area (Å²) in [5, 5.41) is 4.24. The summed E-state index contributed by atoms with van der Waals surface area (Å²) in [6.07, 6.45) is 6.16. The van der Waals surface area contributed by atoms with E-state index in [1.807, 2.05) is 18.2 Å². The molecule has 0 aliphatic carbocycles. The number of nitrogens with one attached hydrogen (secondary N) is 1. The van der Waals surface area contributed by atoms with Crippen LogP contribution in [0.5, 0.6) is 5.75 Å². The number of hydrogen-bond acceptors (Lipinski definition) is 2. The van der Waals surface area contributed by atoms with Gasteiger partial charge in [-0.15, -0.1) is 0 Å². The lowest BCUT2D eigenvalue weighted by molar-refractivity contribution is 0.313. The van der Waals surface area contributed by atoms with E-state index >= 15 is 0 Å². The maximum atomic E-state index is 6.05. The van der Waals surface area contributed by atoms with Gasteiger partial charge >= 0.3 is 0 Å². The molecule has 1 rings (SSSR count). The lowest BCUT2D eigenvalue weighted by Gasteiger charge is -2.12. The van der Waals surface area contributed by atoms with Crippen molar-refractivity contribution in [2.45, 2.75) is 52.5 Å². The molecule has 108 valence electrons. The highest BCUT2D eigenvalue weighted by Gasteiger charge is 2.04. The summed E-state index contributed by atoms with van der Waals surface area (Å²) in [7, 11) is 0. The van der Waals surface area contributed by atoms with E-state index in [0.717, 1.165) is 42.5 Å². The topological polar surface area (TPSA) is 21.3 Å². The van der Waals surface area contributed by atoms with E-state index in [1.165, 1.54) is 25.7 Å². The molecule has 0 unspecified atom stereocenters. The molecular formula is C16H26ClNO. The second kappa shape index (κ2) is 10.1. The lowest BCUT2D eigenvalue weighted by Crippen LogP contribution is -2.15. The van der Waals surface area contributed by atoms with Gasteiger partial charge in [0.05, 0.1) is 6.61 Å². The Balaban J connectivity index is 2.39. The third-order valence-electron chi connectivity index (χ3n) is 3.01. The zero-order valence-electron chi connectivity index (χ0n) is 12.2. The van der Waals surface area contributed by atoms with Gasteiger partial charge in [-0.25, -0.2) is 0 Å². The standard InChI is InChI=1S/C16H26ClNO/c1-3-5-6-7-10-18-13-14-12-15(17)8-9-16(14)19-11-4-2/h8-9,12,18H,3-7,10-11,13H2,1-2H3. The van der Waals surface area contributed by atoms with E-state index < -0.39 is 0 Å². The second-order valence-electron chi connectivity index (χ2n) is 4.84. The monoisotopic (exact) mass is 283 g/mol. The van der Waals surface area contributed by atoms with E-state index in [-0.39, 0.29) is 0 Å². The molecule has 0 aliphatic rings. The Morgan fingerprint density at radius 3 is 2.68 bits per heavy atom. The molecule has 0 aromatic heterocycles. The highest BCUT2D eigenvalue weighted by atomic mass is 35.5. The largest absolute Gasteiger partial charge is 0.493 e. The van der Waals surface area contributed by atoms with Gasteiger partial charge in [0.25, 0.3) is 0 Å². The van der Waals surface area contributed by atoms with Crippen molar-refractivity contribution in [3.05, 3.63) is 28.8 Å². The first-order valence-electron chi connectivity index (χ1n) is 7.39. The van der Waals surface area contributed by atoms with Gasteiger partial charge in [0.1, 0.15) is 5.75 Å². The molecule has 1 aromatic carbocycles. The highest BCUT2D eigenvalue weighted by Crippen LogP contribution is 2.23. The van der Waals surface area contributed by atoms with Crippen LogP contribution >= 0.6 is 11.6 Å². The van der Waals surface area contributed by atoms with E-state index in [1.54, 1.807) is 0 Å². The van der Waals surface area contributed by atoms with Crippen LogP contribution in [-0.2, 0) is 6.54 Å². The number of hydrogen-bond donors (Lipinski definition) is 1. The summed E-state index contributed by atoms with van der Waals surface area (Å²) in [5.41, 5.74) is 1.15. The van der Waals surface area contributed by atoms with Gasteiger partial charge in [-0.05, 0) is 37.6 Å². The van der Waals surface area contributed by atoms with Crippen molar-refractivity contribution >= 4 is 11.6 Å². The molecule has 0 atom stereocenters. The van der Waals surface area contributed by atoms with Crippen LogP contribution in [0, 0.1) is 0 Å². The predicted octanol–water partition coefficient (Wildman–Crippen LogP) is 4.80. The van der Waals surface area contributed by atoms with E-state index in [2.05, 4.69) is 19.2 Å². The van der Waals surface area contributed by atoms with Crippen LogP contribution in [0.1, 0.15) is 51.5 Å². The fraction of sp³-hybridized carbons (Fsp3) is 0.625. The van der Waals surface area contributed by atoms with Gasteiger partial charge in [0.2, 0.25) is 0 Å². The molecule has 0 amide bonds. The Labute approximate surface area is 122 Å². The molecule has 0 saturated carbocycles. The van der Waals surface area contributed by atoms with Crippen LogP contribution < -0.4 is 10.1 Å². The van der Waals surface area contributed by atoms with Crippen LogP contribution in [-0.4, -0.2) is 13.2 Å². The van der Waals surface area contributed by atoms with Crippen molar-refractivity contribution in [3.8, 4) is 5.75 Å². The summed E-state index contributed by atoms with van der Waals surface area (Å²) in [5.74, 6) is 0.951. The first kappa shape index (κ1) is 16.3. The molecule has 0 bridgehead atoms. The van der Waals surface area contributed by atoms with Crippen LogP contribution in [0.3, 0.4) is 0 Å². The molecule has 0 saturated heterocycles. The summed E-state index contributed by atoms with van der Waals surface area (Å²) < 4.78 is 5.74. The van der Waals surface area contributed by atoms with Crippen molar-refractivity contribution < 1.29 is 4.74 Å². The normalized spacial score (nSPS) is 10.7. The third-order valence-corrected chi connectivity index (χ3v) is 3.24. The molecule has 1 aromatic rings. The van der Waals surface area contributed by atoms with E-state index in [4.69, 9.17) is 16.3 Å². The predicted molar refractivity (Wildman–Crippen MR) is 83.1 cm³/mol. The summed E-state index contributed by atoms with van der Waals surface area (Å²) in [6.45, 7) is 6.98. The second-order valence-corrected chi connectivity index (χ2v) is 5.27. The molecular weight excluding hydrogens is 258 g/mol. The third kappa shape index (κ3) is 6.84. The number of benzene rings is 1. The highest BCUT2D eigenvalue weighted by molar-refractivity contribution is 6.30. The summed E-state index contributed by atoms with van der Waals surface area (Å²) >= 11 is 6.05. The maximum Gasteiger partial charge on any atom is 0.123 e. The zero-order chi connectivity index (χ0) is 13.9.